The molecule has 0 radical (unpaired) electrons. The van der Waals surface area contributed by atoms with Gasteiger partial charge in [-0.3, -0.25) is 4.90 Å². The summed E-state index contributed by atoms with van der Waals surface area (Å²) < 4.78 is 5.51. The van der Waals surface area contributed by atoms with Gasteiger partial charge in [0, 0.05) is 24.7 Å². The van der Waals surface area contributed by atoms with E-state index in [1.54, 1.807) is 0 Å². The topological polar surface area (TPSA) is 38.5 Å². The molecule has 3 nitrogen and oxygen atoms in total. The maximum absolute atomic E-state index is 6.12. The normalized spacial score (nSPS) is 36.2. The van der Waals surface area contributed by atoms with E-state index in [4.69, 9.17) is 10.5 Å². The molecule has 2 aliphatic heterocycles. The summed E-state index contributed by atoms with van der Waals surface area (Å²) in [6, 6.07) is 1.52. The van der Waals surface area contributed by atoms with Crippen LogP contribution in [0.15, 0.2) is 0 Å². The van der Waals surface area contributed by atoms with Crippen molar-refractivity contribution in [2.75, 3.05) is 19.8 Å². The van der Waals surface area contributed by atoms with Gasteiger partial charge in [-0.1, -0.05) is 6.42 Å². The fourth-order valence-electron chi connectivity index (χ4n) is 3.25. The minimum Gasteiger partial charge on any atom is -0.381 e. The first-order valence-electron chi connectivity index (χ1n) is 6.79. The fraction of sp³-hybridized carbons (Fsp3) is 1.00. The zero-order valence-corrected chi connectivity index (χ0v) is 10.7. The van der Waals surface area contributed by atoms with Crippen LogP contribution in [-0.2, 0) is 4.74 Å². The molecular formula is C13H26N2O. The quantitative estimate of drug-likeness (QED) is 0.794. The van der Waals surface area contributed by atoms with Crippen molar-refractivity contribution in [3.05, 3.63) is 0 Å². The lowest BCUT2D eigenvalue weighted by Gasteiger charge is -2.43. The summed E-state index contributed by atoms with van der Waals surface area (Å²) in [5.74, 6) is 0.722. The minimum atomic E-state index is 0.296. The monoisotopic (exact) mass is 226 g/mol. The standard InChI is InChI=1S/C13H26N2O/c1-10(14)13-5-3-4-7-15(13)11(2)12-6-8-16-9-12/h10-13H,3-9,14H2,1-2H3. The first kappa shape index (κ1) is 12.3. The van der Waals surface area contributed by atoms with Gasteiger partial charge in [0.05, 0.1) is 6.61 Å². The maximum atomic E-state index is 6.12. The van der Waals surface area contributed by atoms with Crippen molar-refractivity contribution in [2.45, 2.75) is 57.7 Å². The van der Waals surface area contributed by atoms with E-state index in [2.05, 4.69) is 18.7 Å². The summed E-state index contributed by atoms with van der Waals surface area (Å²) in [5.41, 5.74) is 6.12. The van der Waals surface area contributed by atoms with E-state index in [0.717, 1.165) is 19.1 Å². The molecule has 2 rings (SSSR count). The largest absolute Gasteiger partial charge is 0.381 e. The summed E-state index contributed by atoms with van der Waals surface area (Å²) in [6.07, 6.45) is 5.18. The van der Waals surface area contributed by atoms with Gasteiger partial charge in [0.1, 0.15) is 0 Å². The molecule has 0 spiro atoms. The Labute approximate surface area is 99.3 Å². The molecule has 94 valence electrons. The Morgan fingerprint density at radius 3 is 2.69 bits per heavy atom. The number of nitrogens with two attached hydrogens (primary N) is 1. The van der Waals surface area contributed by atoms with Crippen LogP contribution in [0, 0.1) is 5.92 Å². The van der Waals surface area contributed by atoms with Crippen molar-refractivity contribution >= 4 is 0 Å². The van der Waals surface area contributed by atoms with Crippen LogP contribution in [0.1, 0.15) is 39.5 Å². The molecule has 0 amide bonds. The van der Waals surface area contributed by atoms with Gasteiger partial charge in [0.2, 0.25) is 0 Å². The molecule has 0 saturated carbocycles. The van der Waals surface area contributed by atoms with Crippen LogP contribution in [-0.4, -0.2) is 42.8 Å². The van der Waals surface area contributed by atoms with Crippen molar-refractivity contribution in [2.24, 2.45) is 11.7 Å². The Morgan fingerprint density at radius 2 is 2.06 bits per heavy atom. The van der Waals surface area contributed by atoms with Gasteiger partial charge in [-0.15, -0.1) is 0 Å². The summed E-state index contributed by atoms with van der Waals surface area (Å²) in [4.78, 5) is 2.65. The summed E-state index contributed by atoms with van der Waals surface area (Å²) >= 11 is 0. The fourth-order valence-corrected chi connectivity index (χ4v) is 3.25. The molecule has 0 bridgehead atoms. The van der Waals surface area contributed by atoms with Gasteiger partial charge >= 0.3 is 0 Å². The van der Waals surface area contributed by atoms with Crippen molar-refractivity contribution in [1.82, 2.24) is 4.90 Å². The second-order valence-electron chi connectivity index (χ2n) is 5.52. The van der Waals surface area contributed by atoms with Gasteiger partial charge in [-0.25, -0.2) is 0 Å². The SMILES string of the molecule is CC(N)C1CCCCN1C(C)C1CCOC1. The number of hydrogen-bond donors (Lipinski definition) is 1. The minimum absolute atomic E-state index is 0.296. The van der Waals surface area contributed by atoms with E-state index in [1.165, 1.54) is 32.2 Å². The average Bonchev–Trinajstić information content (AvgIpc) is 2.81. The number of rotatable bonds is 3. The number of nitrogens with zero attached hydrogens (tertiary/aromatic N) is 1. The number of piperidine rings is 1. The van der Waals surface area contributed by atoms with Crippen molar-refractivity contribution < 1.29 is 4.74 Å². The second kappa shape index (κ2) is 5.48. The third-order valence-electron chi connectivity index (χ3n) is 4.37. The molecule has 16 heavy (non-hydrogen) atoms. The van der Waals surface area contributed by atoms with Crippen LogP contribution in [0.25, 0.3) is 0 Å². The number of likely N-dealkylation sites (tertiary alicyclic amines) is 1. The Hall–Kier alpha value is -0.120. The molecule has 2 fully saturated rings. The van der Waals surface area contributed by atoms with E-state index < -0.39 is 0 Å². The van der Waals surface area contributed by atoms with Crippen molar-refractivity contribution in [3.63, 3.8) is 0 Å². The zero-order chi connectivity index (χ0) is 11.5. The Kier molecular flexibility index (Phi) is 4.22. The molecule has 2 aliphatic rings. The molecule has 0 aromatic heterocycles. The number of hydrogen-bond acceptors (Lipinski definition) is 3. The first-order chi connectivity index (χ1) is 7.70. The lowest BCUT2D eigenvalue weighted by molar-refractivity contribution is 0.0542. The zero-order valence-electron chi connectivity index (χ0n) is 10.7. The molecule has 4 atom stereocenters. The van der Waals surface area contributed by atoms with Gasteiger partial charge in [-0.05, 0) is 45.6 Å². The third kappa shape index (κ3) is 2.58. The summed E-state index contributed by atoms with van der Waals surface area (Å²) in [5, 5.41) is 0. The van der Waals surface area contributed by atoms with Crippen molar-refractivity contribution in [3.8, 4) is 0 Å². The Morgan fingerprint density at radius 1 is 1.25 bits per heavy atom. The molecule has 2 N–H and O–H groups in total. The van der Waals surface area contributed by atoms with E-state index in [9.17, 15) is 0 Å². The van der Waals surface area contributed by atoms with Crippen LogP contribution >= 0.6 is 0 Å². The highest BCUT2D eigenvalue weighted by Crippen LogP contribution is 2.28. The molecule has 0 aliphatic carbocycles. The van der Waals surface area contributed by atoms with Crippen LogP contribution in [0.2, 0.25) is 0 Å². The highest BCUT2D eigenvalue weighted by Gasteiger charge is 2.33. The van der Waals surface area contributed by atoms with E-state index in [1.807, 2.05) is 0 Å². The predicted octanol–water partition coefficient (Wildman–Crippen LogP) is 1.61. The molecule has 0 aromatic carbocycles. The van der Waals surface area contributed by atoms with E-state index in [-0.39, 0.29) is 0 Å². The Balaban J connectivity index is 1.98. The second-order valence-corrected chi connectivity index (χ2v) is 5.52. The number of ether oxygens (including phenoxy) is 1. The van der Waals surface area contributed by atoms with Gasteiger partial charge in [0.15, 0.2) is 0 Å². The van der Waals surface area contributed by atoms with Crippen LogP contribution in [0.3, 0.4) is 0 Å². The molecule has 2 saturated heterocycles. The molecule has 0 aromatic rings. The van der Waals surface area contributed by atoms with E-state index >= 15 is 0 Å². The van der Waals surface area contributed by atoms with E-state index in [0.29, 0.717) is 18.1 Å². The van der Waals surface area contributed by atoms with Crippen molar-refractivity contribution in [1.29, 1.82) is 0 Å². The smallest absolute Gasteiger partial charge is 0.0509 e. The average molecular weight is 226 g/mol. The lowest BCUT2D eigenvalue weighted by Crippen LogP contribution is -2.54. The van der Waals surface area contributed by atoms with Crippen LogP contribution < -0.4 is 5.73 Å². The summed E-state index contributed by atoms with van der Waals surface area (Å²) in [7, 11) is 0. The van der Waals surface area contributed by atoms with Gasteiger partial charge in [-0.2, -0.15) is 0 Å². The van der Waals surface area contributed by atoms with Crippen LogP contribution in [0.4, 0.5) is 0 Å². The third-order valence-corrected chi connectivity index (χ3v) is 4.37. The predicted molar refractivity (Wildman–Crippen MR) is 66.4 cm³/mol. The highest BCUT2D eigenvalue weighted by molar-refractivity contribution is 4.89. The van der Waals surface area contributed by atoms with Gasteiger partial charge < -0.3 is 10.5 Å². The molecule has 3 heteroatoms. The van der Waals surface area contributed by atoms with Gasteiger partial charge in [0.25, 0.3) is 0 Å². The summed E-state index contributed by atoms with van der Waals surface area (Å²) in [6.45, 7) is 7.64. The first-order valence-corrected chi connectivity index (χ1v) is 6.79. The molecule has 2 heterocycles. The Bertz CT molecular complexity index is 214. The molecular weight excluding hydrogens is 200 g/mol. The highest BCUT2D eigenvalue weighted by atomic mass is 16.5. The maximum Gasteiger partial charge on any atom is 0.0509 e. The van der Waals surface area contributed by atoms with Crippen LogP contribution in [0.5, 0.6) is 0 Å². The lowest BCUT2D eigenvalue weighted by atomic mass is 9.90. The molecule has 4 unspecified atom stereocenters.